The molecule has 0 saturated carbocycles. The number of rotatable bonds is 8. The molecule has 0 aliphatic rings. The molecule has 0 atom stereocenters. The summed E-state index contributed by atoms with van der Waals surface area (Å²) in [7, 11) is 0. The lowest BCUT2D eigenvalue weighted by Crippen LogP contribution is -1.96. The van der Waals surface area contributed by atoms with Crippen LogP contribution in [0.15, 0.2) is 30.3 Å². The number of benzene rings is 2. The van der Waals surface area contributed by atoms with Gasteiger partial charge in [0.25, 0.3) is 0 Å². The minimum atomic E-state index is 0.676. The lowest BCUT2D eigenvalue weighted by molar-refractivity contribution is 0.589. The van der Waals surface area contributed by atoms with Gasteiger partial charge < -0.3 is 11.5 Å². The van der Waals surface area contributed by atoms with Crippen LogP contribution in [0.25, 0.3) is 10.8 Å². The van der Waals surface area contributed by atoms with Gasteiger partial charge in [0.2, 0.25) is 0 Å². The van der Waals surface area contributed by atoms with Gasteiger partial charge in [-0.1, -0.05) is 63.6 Å². The van der Waals surface area contributed by atoms with Gasteiger partial charge in [-0.05, 0) is 35.9 Å². The molecule has 0 aromatic heterocycles. The number of nitrogen functional groups attached to an aromatic ring is 2. The van der Waals surface area contributed by atoms with Gasteiger partial charge in [0.05, 0.1) is 11.4 Å². The topological polar surface area (TPSA) is 52.0 Å². The van der Waals surface area contributed by atoms with E-state index < -0.39 is 0 Å². The Balaban J connectivity index is 1.87. The Kier molecular flexibility index (Phi) is 5.91. The molecule has 0 fully saturated rings. The third-order valence-corrected chi connectivity index (χ3v) is 4.23. The summed E-state index contributed by atoms with van der Waals surface area (Å²) in [6.07, 6.45) is 10.6. The van der Waals surface area contributed by atoms with Crippen molar-refractivity contribution in [2.45, 2.75) is 58.3 Å². The highest BCUT2D eigenvalue weighted by atomic mass is 14.7. The van der Waals surface area contributed by atoms with Crippen molar-refractivity contribution in [3.05, 3.63) is 35.9 Å². The Morgan fingerprint density at radius 3 is 2.24 bits per heavy atom. The summed E-state index contributed by atoms with van der Waals surface area (Å²) in [5, 5.41) is 2.26. The summed E-state index contributed by atoms with van der Waals surface area (Å²) in [5.74, 6) is 0. The molecule has 2 aromatic rings. The third kappa shape index (κ3) is 4.38. The van der Waals surface area contributed by atoms with Gasteiger partial charge in [0.1, 0.15) is 0 Å². The van der Waals surface area contributed by atoms with E-state index in [2.05, 4.69) is 25.1 Å². The van der Waals surface area contributed by atoms with Gasteiger partial charge in [0, 0.05) is 5.39 Å². The molecule has 2 aromatic carbocycles. The first kappa shape index (κ1) is 15.7. The molecule has 0 spiro atoms. The summed E-state index contributed by atoms with van der Waals surface area (Å²) >= 11 is 0. The molecule has 2 rings (SSSR count). The van der Waals surface area contributed by atoms with Crippen LogP contribution < -0.4 is 11.5 Å². The molecule has 0 heterocycles. The average molecular weight is 284 g/mol. The molecule has 0 aliphatic carbocycles. The zero-order chi connectivity index (χ0) is 15.1. The van der Waals surface area contributed by atoms with E-state index in [0.29, 0.717) is 11.4 Å². The second-order valence-corrected chi connectivity index (χ2v) is 6.00. The summed E-state index contributed by atoms with van der Waals surface area (Å²) < 4.78 is 0. The fourth-order valence-electron chi connectivity index (χ4n) is 2.85. The van der Waals surface area contributed by atoms with Gasteiger partial charge in [-0.15, -0.1) is 0 Å². The molecule has 0 saturated heterocycles. The lowest BCUT2D eigenvalue weighted by atomic mass is 10.00. The molecule has 0 bridgehead atoms. The molecule has 21 heavy (non-hydrogen) atoms. The zero-order valence-electron chi connectivity index (χ0n) is 13.2. The Labute approximate surface area is 128 Å². The highest BCUT2D eigenvalue weighted by Crippen LogP contribution is 2.28. The largest absolute Gasteiger partial charge is 0.397 e. The summed E-state index contributed by atoms with van der Waals surface area (Å²) in [6, 6.07) is 10.5. The van der Waals surface area contributed by atoms with E-state index in [1.807, 2.05) is 12.1 Å². The van der Waals surface area contributed by atoms with E-state index in [-0.39, 0.29) is 0 Å². The van der Waals surface area contributed by atoms with Crippen molar-refractivity contribution >= 4 is 22.1 Å². The highest BCUT2D eigenvalue weighted by molar-refractivity contribution is 5.98. The van der Waals surface area contributed by atoms with Crippen molar-refractivity contribution in [1.82, 2.24) is 0 Å². The van der Waals surface area contributed by atoms with Gasteiger partial charge in [0.15, 0.2) is 0 Å². The Morgan fingerprint density at radius 2 is 1.48 bits per heavy atom. The molecule has 0 unspecified atom stereocenters. The number of aryl methyl sites for hydroxylation is 1. The maximum atomic E-state index is 6.08. The maximum absolute atomic E-state index is 6.08. The van der Waals surface area contributed by atoms with Crippen LogP contribution in [0.2, 0.25) is 0 Å². The monoisotopic (exact) mass is 284 g/mol. The van der Waals surface area contributed by atoms with Crippen molar-refractivity contribution in [2.24, 2.45) is 0 Å². The number of anilines is 2. The molecule has 0 radical (unpaired) electrons. The molecule has 4 N–H and O–H groups in total. The zero-order valence-corrected chi connectivity index (χ0v) is 13.2. The Bertz CT molecular complexity index is 575. The first-order chi connectivity index (χ1) is 10.2. The van der Waals surface area contributed by atoms with Crippen LogP contribution in [0.3, 0.4) is 0 Å². The second kappa shape index (κ2) is 7.92. The van der Waals surface area contributed by atoms with E-state index >= 15 is 0 Å². The fraction of sp³-hybridized carbons (Fsp3) is 0.474. The quantitative estimate of drug-likeness (QED) is 0.510. The highest BCUT2D eigenvalue weighted by Gasteiger charge is 2.03. The van der Waals surface area contributed by atoms with Crippen molar-refractivity contribution in [3.8, 4) is 0 Å². The lowest BCUT2D eigenvalue weighted by Gasteiger charge is -2.08. The van der Waals surface area contributed by atoms with Gasteiger partial charge in [-0.25, -0.2) is 0 Å². The predicted octanol–water partition coefficient (Wildman–Crippen LogP) is 5.30. The number of fused-ring (bicyclic) bond motifs is 1. The number of unbranched alkanes of at least 4 members (excludes halogenated alkanes) is 6. The van der Waals surface area contributed by atoms with Crippen molar-refractivity contribution in [1.29, 1.82) is 0 Å². The van der Waals surface area contributed by atoms with E-state index in [4.69, 9.17) is 11.5 Å². The van der Waals surface area contributed by atoms with Gasteiger partial charge >= 0.3 is 0 Å². The third-order valence-electron chi connectivity index (χ3n) is 4.23. The van der Waals surface area contributed by atoms with Crippen LogP contribution >= 0.6 is 0 Å². The summed E-state index contributed by atoms with van der Waals surface area (Å²) in [6.45, 7) is 2.26. The average Bonchev–Trinajstić information content (AvgIpc) is 2.50. The van der Waals surface area contributed by atoms with E-state index in [0.717, 1.165) is 11.8 Å². The predicted molar refractivity (Wildman–Crippen MR) is 94.5 cm³/mol. The van der Waals surface area contributed by atoms with Crippen LogP contribution in [0, 0.1) is 0 Å². The van der Waals surface area contributed by atoms with Crippen LogP contribution in [-0.4, -0.2) is 0 Å². The first-order valence-electron chi connectivity index (χ1n) is 8.29. The SMILES string of the molecule is CCCCCCCCCc1ccc2ccc(N)c(N)c2c1. The minimum Gasteiger partial charge on any atom is -0.397 e. The molecular weight excluding hydrogens is 256 g/mol. The molecule has 0 amide bonds. The van der Waals surface area contributed by atoms with Crippen LogP contribution in [0.4, 0.5) is 11.4 Å². The van der Waals surface area contributed by atoms with Gasteiger partial charge in [-0.2, -0.15) is 0 Å². The molecular formula is C19H28N2. The van der Waals surface area contributed by atoms with Crippen molar-refractivity contribution in [2.75, 3.05) is 11.5 Å². The normalized spacial score (nSPS) is 11.1. The van der Waals surface area contributed by atoms with Crippen molar-refractivity contribution in [3.63, 3.8) is 0 Å². The number of hydrogen-bond donors (Lipinski definition) is 2. The first-order valence-corrected chi connectivity index (χ1v) is 8.29. The van der Waals surface area contributed by atoms with Crippen molar-refractivity contribution < 1.29 is 0 Å². The standard InChI is InChI=1S/C19H28N2/c1-2-3-4-5-6-7-8-9-15-10-11-16-12-13-18(20)19(21)17(16)14-15/h10-14H,2-9,20-21H2,1H3. The molecule has 0 aliphatic heterocycles. The number of hydrogen-bond acceptors (Lipinski definition) is 2. The second-order valence-electron chi connectivity index (χ2n) is 6.00. The van der Waals surface area contributed by atoms with Crippen LogP contribution in [0.5, 0.6) is 0 Å². The van der Waals surface area contributed by atoms with E-state index in [9.17, 15) is 0 Å². The Morgan fingerprint density at radius 1 is 0.810 bits per heavy atom. The van der Waals surface area contributed by atoms with Gasteiger partial charge in [-0.3, -0.25) is 0 Å². The maximum Gasteiger partial charge on any atom is 0.0627 e. The minimum absolute atomic E-state index is 0.676. The molecule has 2 heteroatoms. The number of nitrogens with two attached hydrogens (primary N) is 2. The smallest absolute Gasteiger partial charge is 0.0627 e. The fourth-order valence-corrected chi connectivity index (χ4v) is 2.85. The van der Waals surface area contributed by atoms with Crippen LogP contribution in [0.1, 0.15) is 57.4 Å². The van der Waals surface area contributed by atoms with Crippen LogP contribution in [-0.2, 0) is 6.42 Å². The Hall–Kier alpha value is -1.70. The van der Waals surface area contributed by atoms with E-state index in [1.54, 1.807) is 0 Å². The molecule has 2 nitrogen and oxygen atoms in total. The summed E-state index contributed by atoms with van der Waals surface area (Å²) in [5.41, 5.74) is 14.7. The molecule has 114 valence electrons. The van der Waals surface area contributed by atoms with E-state index in [1.165, 1.54) is 55.9 Å². The summed E-state index contributed by atoms with van der Waals surface area (Å²) in [4.78, 5) is 0.